The molecule has 1 unspecified atom stereocenters. The summed E-state index contributed by atoms with van der Waals surface area (Å²) in [6, 6.07) is 2.05. The number of aliphatic carboxylic acids is 1. The second-order valence-electron chi connectivity index (χ2n) is 5.49. The molecule has 104 valence electrons. The van der Waals surface area contributed by atoms with Gasteiger partial charge in [0.15, 0.2) is 0 Å². The van der Waals surface area contributed by atoms with Crippen molar-refractivity contribution in [3.05, 3.63) is 18.1 Å². The number of rotatable bonds is 5. The van der Waals surface area contributed by atoms with Crippen LogP contribution in [-0.2, 0) is 4.79 Å². The highest BCUT2D eigenvalue weighted by atomic mass is 16.4. The van der Waals surface area contributed by atoms with Crippen LogP contribution in [0.25, 0.3) is 0 Å². The summed E-state index contributed by atoms with van der Waals surface area (Å²) in [5.41, 5.74) is 1.05. The first-order valence-corrected chi connectivity index (χ1v) is 6.85. The van der Waals surface area contributed by atoms with E-state index in [1.807, 2.05) is 6.07 Å². The maximum absolute atomic E-state index is 10.6. The number of anilines is 1. The first kappa shape index (κ1) is 13.8. The summed E-state index contributed by atoms with van der Waals surface area (Å²) in [5.74, 6) is 1.12. The number of aromatic nitrogens is 2. The van der Waals surface area contributed by atoms with E-state index in [9.17, 15) is 4.79 Å². The molecule has 0 radical (unpaired) electrons. The Bertz CT molecular complexity index is 448. The molecule has 5 heteroatoms. The van der Waals surface area contributed by atoms with Crippen LogP contribution in [0, 0.1) is 5.92 Å². The Kier molecular flexibility index (Phi) is 4.35. The zero-order chi connectivity index (χ0) is 13.8. The summed E-state index contributed by atoms with van der Waals surface area (Å²) in [4.78, 5) is 21.4. The molecular weight excluding hydrogens is 242 g/mol. The molecule has 1 aromatic rings. The van der Waals surface area contributed by atoms with Gasteiger partial charge in [-0.25, -0.2) is 9.97 Å². The first-order chi connectivity index (χ1) is 9.06. The quantitative estimate of drug-likeness (QED) is 0.883. The lowest BCUT2D eigenvalue weighted by atomic mass is 10.0. The van der Waals surface area contributed by atoms with Crippen LogP contribution in [0.15, 0.2) is 12.4 Å². The van der Waals surface area contributed by atoms with E-state index in [-0.39, 0.29) is 6.42 Å². The second-order valence-corrected chi connectivity index (χ2v) is 5.49. The van der Waals surface area contributed by atoms with Crippen LogP contribution < -0.4 is 4.90 Å². The van der Waals surface area contributed by atoms with Crippen molar-refractivity contribution in [2.45, 2.75) is 39.0 Å². The Hall–Kier alpha value is -1.65. The summed E-state index contributed by atoms with van der Waals surface area (Å²) in [6.45, 7) is 6.10. The van der Waals surface area contributed by atoms with Gasteiger partial charge in [0.25, 0.3) is 0 Å². The summed E-state index contributed by atoms with van der Waals surface area (Å²) in [7, 11) is 0. The molecule has 0 bridgehead atoms. The molecule has 1 fully saturated rings. The highest BCUT2D eigenvalue weighted by Crippen LogP contribution is 2.26. The van der Waals surface area contributed by atoms with Crippen molar-refractivity contribution in [2.24, 2.45) is 5.92 Å². The first-order valence-electron chi connectivity index (χ1n) is 6.85. The maximum atomic E-state index is 10.6. The standard InChI is InChI=1S/C14H21N3O2/c1-10(2)12-7-13(16-9-15-12)17-6-5-11(8-17)3-4-14(18)19/h7,9-11H,3-6,8H2,1-2H3,(H,18,19). The molecule has 1 aliphatic rings. The Balaban J connectivity index is 1.96. The molecule has 1 aromatic heterocycles. The lowest BCUT2D eigenvalue weighted by molar-refractivity contribution is -0.137. The topological polar surface area (TPSA) is 66.3 Å². The zero-order valence-corrected chi connectivity index (χ0v) is 11.5. The molecule has 1 saturated heterocycles. The number of nitrogens with zero attached hydrogens (tertiary/aromatic N) is 3. The average Bonchev–Trinajstić information content (AvgIpc) is 2.85. The molecule has 0 amide bonds. The van der Waals surface area contributed by atoms with Gasteiger partial charge in [0, 0.05) is 31.3 Å². The smallest absolute Gasteiger partial charge is 0.303 e. The molecule has 0 saturated carbocycles. The molecule has 0 aromatic carbocycles. The van der Waals surface area contributed by atoms with E-state index in [4.69, 9.17) is 5.11 Å². The van der Waals surface area contributed by atoms with E-state index in [1.54, 1.807) is 6.33 Å². The van der Waals surface area contributed by atoms with E-state index < -0.39 is 5.97 Å². The lowest BCUT2D eigenvalue weighted by Gasteiger charge is -2.18. The Morgan fingerprint density at radius 1 is 1.53 bits per heavy atom. The molecule has 1 atom stereocenters. The predicted molar refractivity (Wildman–Crippen MR) is 73.3 cm³/mol. The molecule has 1 N–H and O–H groups in total. The highest BCUT2D eigenvalue weighted by Gasteiger charge is 2.24. The number of carboxylic acid groups (broad SMARTS) is 1. The number of hydrogen-bond donors (Lipinski definition) is 1. The normalized spacial score (nSPS) is 19.1. The van der Waals surface area contributed by atoms with Crippen molar-refractivity contribution in [1.29, 1.82) is 0 Å². The fourth-order valence-electron chi connectivity index (χ4n) is 2.45. The molecule has 0 spiro atoms. The molecule has 5 nitrogen and oxygen atoms in total. The van der Waals surface area contributed by atoms with E-state index in [1.165, 1.54) is 0 Å². The fraction of sp³-hybridized carbons (Fsp3) is 0.643. The SMILES string of the molecule is CC(C)c1cc(N2CCC(CCC(=O)O)C2)ncn1. The van der Waals surface area contributed by atoms with Gasteiger partial charge in [-0.3, -0.25) is 4.79 Å². The third-order valence-corrected chi connectivity index (χ3v) is 3.64. The van der Waals surface area contributed by atoms with Gasteiger partial charge in [-0.1, -0.05) is 13.8 Å². The van der Waals surface area contributed by atoms with Crippen LogP contribution in [-0.4, -0.2) is 34.1 Å². The molecule has 0 aliphatic carbocycles. The molecule has 2 heterocycles. The van der Waals surface area contributed by atoms with Gasteiger partial charge < -0.3 is 10.0 Å². The Labute approximate surface area is 113 Å². The monoisotopic (exact) mass is 263 g/mol. The maximum Gasteiger partial charge on any atom is 0.303 e. The van der Waals surface area contributed by atoms with Gasteiger partial charge in [0.1, 0.15) is 12.1 Å². The van der Waals surface area contributed by atoms with E-state index >= 15 is 0 Å². The average molecular weight is 263 g/mol. The zero-order valence-electron chi connectivity index (χ0n) is 11.5. The minimum absolute atomic E-state index is 0.263. The van der Waals surface area contributed by atoms with Crippen LogP contribution in [0.4, 0.5) is 5.82 Å². The molecule has 1 aliphatic heterocycles. The van der Waals surface area contributed by atoms with Gasteiger partial charge in [-0.05, 0) is 24.7 Å². The van der Waals surface area contributed by atoms with Gasteiger partial charge in [0.2, 0.25) is 0 Å². The minimum atomic E-state index is -0.706. The molecular formula is C14H21N3O2. The second kappa shape index (κ2) is 5.99. The van der Waals surface area contributed by atoms with Crippen LogP contribution in [0.2, 0.25) is 0 Å². The minimum Gasteiger partial charge on any atom is -0.481 e. The summed E-state index contributed by atoms with van der Waals surface area (Å²) in [5, 5.41) is 8.72. The van der Waals surface area contributed by atoms with Crippen molar-refractivity contribution in [1.82, 2.24) is 9.97 Å². The van der Waals surface area contributed by atoms with Crippen molar-refractivity contribution in [2.75, 3.05) is 18.0 Å². The van der Waals surface area contributed by atoms with Crippen LogP contribution in [0.3, 0.4) is 0 Å². The third kappa shape index (κ3) is 3.66. The number of hydrogen-bond acceptors (Lipinski definition) is 4. The summed E-state index contributed by atoms with van der Waals surface area (Å²) in [6.07, 6.45) is 3.69. The van der Waals surface area contributed by atoms with E-state index in [0.29, 0.717) is 11.8 Å². The number of carbonyl (C=O) groups is 1. The van der Waals surface area contributed by atoms with Crippen molar-refractivity contribution in [3.8, 4) is 0 Å². The van der Waals surface area contributed by atoms with Gasteiger partial charge in [-0.15, -0.1) is 0 Å². The van der Waals surface area contributed by atoms with E-state index in [0.717, 1.165) is 37.4 Å². The van der Waals surface area contributed by atoms with Crippen LogP contribution in [0.1, 0.15) is 44.7 Å². The van der Waals surface area contributed by atoms with Crippen molar-refractivity contribution in [3.63, 3.8) is 0 Å². The lowest BCUT2D eigenvalue weighted by Crippen LogP contribution is -2.21. The summed E-state index contributed by atoms with van der Waals surface area (Å²) < 4.78 is 0. The van der Waals surface area contributed by atoms with E-state index in [2.05, 4.69) is 28.7 Å². The van der Waals surface area contributed by atoms with Gasteiger partial charge in [0.05, 0.1) is 0 Å². The van der Waals surface area contributed by atoms with Gasteiger partial charge >= 0.3 is 5.97 Å². The third-order valence-electron chi connectivity index (χ3n) is 3.64. The van der Waals surface area contributed by atoms with Crippen LogP contribution >= 0.6 is 0 Å². The molecule has 19 heavy (non-hydrogen) atoms. The van der Waals surface area contributed by atoms with Crippen molar-refractivity contribution < 1.29 is 9.90 Å². The Morgan fingerprint density at radius 3 is 3.00 bits per heavy atom. The summed E-state index contributed by atoms with van der Waals surface area (Å²) >= 11 is 0. The van der Waals surface area contributed by atoms with Gasteiger partial charge in [-0.2, -0.15) is 0 Å². The predicted octanol–water partition coefficient (Wildman–Crippen LogP) is 2.29. The van der Waals surface area contributed by atoms with Crippen molar-refractivity contribution >= 4 is 11.8 Å². The Morgan fingerprint density at radius 2 is 2.32 bits per heavy atom. The number of carboxylic acids is 1. The van der Waals surface area contributed by atoms with Crippen LogP contribution in [0.5, 0.6) is 0 Å². The highest BCUT2D eigenvalue weighted by molar-refractivity contribution is 5.66. The fourth-order valence-corrected chi connectivity index (χ4v) is 2.45. The largest absolute Gasteiger partial charge is 0.481 e. The molecule has 2 rings (SSSR count).